The molecule has 0 aliphatic heterocycles. The first-order chi connectivity index (χ1) is 12.2. The third-order valence-corrected chi connectivity index (χ3v) is 5.16. The first-order valence-corrected chi connectivity index (χ1v) is 8.70. The smallest absolute Gasteiger partial charge is 0.224 e. The van der Waals surface area contributed by atoms with Gasteiger partial charge in [-0.25, -0.2) is 0 Å². The summed E-state index contributed by atoms with van der Waals surface area (Å²) in [4.78, 5) is 12.5. The van der Waals surface area contributed by atoms with Crippen LogP contribution in [0.25, 0.3) is 0 Å². The van der Waals surface area contributed by atoms with Crippen molar-refractivity contribution in [1.82, 2.24) is 5.32 Å². The van der Waals surface area contributed by atoms with E-state index in [1.165, 1.54) is 12.0 Å². The number of methoxy groups -OCH3 is 2. The maximum Gasteiger partial charge on any atom is 0.224 e. The van der Waals surface area contributed by atoms with Crippen molar-refractivity contribution in [3.8, 4) is 11.5 Å². The van der Waals surface area contributed by atoms with Gasteiger partial charge in [0.05, 0.1) is 20.6 Å². The van der Waals surface area contributed by atoms with Gasteiger partial charge in [-0.1, -0.05) is 42.8 Å². The molecule has 1 aliphatic carbocycles. The molecule has 4 nitrogen and oxygen atoms in total. The van der Waals surface area contributed by atoms with Crippen molar-refractivity contribution in [2.24, 2.45) is 0 Å². The van der Waals surface area contributed by atoms with Crippen LogP contribution >= 0.6 is 0 Å². The van der Waals surface area contributed by atoms with Gasteiger partial charge < -0.3 is 14.8 Å². The lowest BCUT2D eigenvalue weighted by Gasteiger charge is -2.43. The highest BCUT2D eigenvalue weighted by Gasteiger charge is 2.40. The summed E-state index contributed by atoms with van der Waals surface area (Å²) in [6.45, 7) is 0.640. The number of para-hydroxylation sites is 2. The van der Waals surface area contributed by atoms with Crippen LogP contribution in [0.4, 0.5) is 0 Å². The van der Waals surface area contributed by atoms with Crippen LogP contribution in [0.3, 0.4) is 0 Å². The first-order valence-electron chi connectivity index (χ1n) is 8.70. The van der Waals surface area contributed by atoms with Crippen LogP contribution in [0.15, 0.2) is 48.5 Å². The molecule has 0 saturated heterocycles. The molecule has 4 heteroatoms. The number of nitrogens with one attached hydrogen (secondary N) is 1. The number of rotatable bonds is 7. The molecule has 1 saturated carbocycles. The fraction of sp³-hybridized carbons (Fsp3) is 0.381. The van der Waals surface area contributed by atoms with Gasteiger partial charge in [-0.05, 0) is 25.0 Å². The fourth-order valence-corrected chi connectivity index (χ4v) is 3.58. The second-order valence-electron chi connectivity index (χ2n) is 6.60. The molecular weight excluding hydrogens is 314 g/mol. The van der Waals surface area contributed by atoms with E-state index in [0.29, 0.717) is 13.0 Å². The molecule has 3 rings (SSSR count). The van der Waals surface area contributed by atoms with E-state index in [-0.39, 0.29) is 11.3 Å². The number of hydrogen-bond donors (Lipinski definition) is 1. The number of benzene rings is 2. The zero-order chi connectivity index (χ0) is 17.7. The van der Waals surface area contributed by atoms with Crippen LogP contribution in [0.5, 0.6) is 11.5 Å². The SMILES string of the molecule is COc1ccccc1CC(=O)NCC1(c2ccccc2OC)CCC1. The maximum absolute atomic E-state index is 12.5. The zero-order valence-electron chi connectivity index (χ0n) is 14.9. The van der Waals surface area contributed by atoms with Gasteiger partial charge in [0.2, 0.25) is 5.91 Å². The van der Waals surface area contributed by atoms with E-state index < -0.39 is 0 Å². The lowest BCUT2D eigenvalue weighted by molar-refractivity contribution is -0.120. The predicted molar refractivity (Wildman–Crippen MR) is 98.2 cm³/mol. The van der Waals surface area contributed by atoms with E-state index in [4.69, 9.17) is 9.47 Å². The lowest BCUT2D eigenvalue weighted by atomic mass is 9.64. The molecule has 2 aromatic rings. The molecule has 25 heavy (non-hydrogen) atoms. The monoisotopic (exact) mass is 339 g/mol. The van der Waals surface area contributed by atoms with E-state index in [1.54, 1.807) is 14.2 Å². The molecule has 1 N–H and O–H groups in total. The van der Waals surface area contributed by atoms with Crippen molar-refractivity contribution >= 4 is 5.91 Å². The standard InChI is InChI=1S/C21H25NO3/c1-24-18-10-5-3-8-16(18)14-20(23)22-15-21(12-7-13-21)17-9-4-6-11-19(17)25-2/h3-6,8-11H,7,12-15H2,1-2H3,(H,22,23). The van der Waals surface area contributed by atoms with Crippen LogP contribution in [0, 0.1) is 0 Å². The Hall–Kier alpha value is -2.49. The van der Waals surface area contributed by atoms with E-state index in [2.05, 4.69) is 11.4 Å². The van der Waals surface area contributed by atoms with Gasteiger partial charge in [0.15, 0.2) is 0 Å². The van der Waals surface area contributed by atoms with Crippen molar-refractivity contribution in [2.45, 2.75) is 31.1 Å². The molecule has 0 unspecified atom stereocenters. The lowest BCUT2D eigenvalue weighted by Crippen LogP contribution is -2.46. The van der Waals surface area contributed by atoms with Crippen LogP contribution < -0.4 is 14.8 Å². The highest BCUT2D eigenvalue weighted by Crippen LogP contribution is 2.46. The van der Waals surface area contributed by atoms with Gasteiger partial charge in [0.1, 0.15) is 11.5 Å². The van der Waals surface area contributed by atoms with Crippen molar-refractivity contribution in [3.63, 3.8) is 0 Å². The van der Waals surface area contributed by atoms with Gasteiger partial charge >= 0.3 is 0 Å². The number of carbonyl (C=O) groups is 1. The Morgan fingerprint density at radius 1 is 1.00 bits per heavy atom. The molecule has 0 heterocycles. The molecular formula is C21H25NO3. The van der Waals surface area contributed by atoms with Gasteiger partial charge in [-0.2, -0.15) is 0 Å². The molecule has 0 aromatic heterocycles. The second-order valence-corrected chi connectivity index (χ2v) is 6.60. The van der Waals surface area contributed by atoms with Gasteiger partial charge in [0, 0.05) is 23.1 Å². The van der Waals surface area contributed by atoms with E-state index >= 15 is 0 Å². The summed E-state index contributed by atoms with van der Waals surface area (Å²) in [5.41, 5.74) is 2.09. The van der Waals surface area contributed by atoms with E-state index in [1.807, 2.05) is 42.5 Å². The minimum absolute atomic E-state index is 0.0109. The second kappa shape index (κ2) is 7.60. The minimum atomic E-state index is -0.0109. The summed E-state index contributed by atoms with van der Waals surface area (Å²) in [6.07, 6.45) is 3.65. The summed E-state index contributed by atoms with van der Waals surface area (Å²) >= 11 is 0. The van der Waals surface area contributed by atoms with Crippen LogP contribution in [0.2, 0.25) is 0 Å². The van der Waals surface area contributed by atoms with Crippen molar-refractivity contribution in [2.75, 3.05) is 20.8 Å². The molecule has 2 aromatic carbocycles. The summed E-state index contributed by atoms with van der Waals surface area (Å²) in [7, 11) is 3.33. The third kappa shape index (κ3) is 3.63. The van der Waals surface area contributed by atoms with Crippen molar-refractivity contribution in [1.29, 1.82) is 0 Å². The summed E-state index contributed by atoms with van der Waals surface area (Å²) in [5, 5.41) is 3.12. The molecule has 0 spiro atoms. The molecule has 1 fully saturated rings. The Morgan fingerprint density at radius 2 is 1.64 bits per heavy atom. The Kier molecular flexibility index (Phi) is 5.27. The minimum Gasteiger partial charge on any atom is -0.496 e. The molecule has 0 bridgehead atoms. The van der Waals surface area contributed by atoms with Gasteiger partial charge in [0.25, 0.3) is 0 Å². The normalized spacial score (nSPS) is 15.1. The summed E-state index contributed by atoms with van der Waals surface area (Å²) < 4.78 is 10.9. The number of ether oxygens (including phenoxy) is 2. The topological polar surface area (TPSA) is 47.6 Å². The van der Waals surface area contributed by atoms with Crippen molar-refractivity contribution < 1.29 is 14.3 Å². The maximum atomic E-state index is 12.5. The number of hydrogen-bond acceptors (Lipinski definition) is 3. The summed E-state index contributed by atoms with van der Waals surface area (Å²) in [6, 6.07) is 15.8. The average molecular weight is 339 g/mol. The van der Waals surface area contributed by atoms with E-state index in [9.17, 15) is 4.79 Å². The van der Waals surface area contributed by atoms with Crippen LogP contribution in [0.1, 0.15) is 30.4 Å². The van der Waals surface area contributed by atoms with Gasteiger partial charge in [-0.15, -0.1) is 0 Å². The van der Waals surface area contributed by atoms with E-state index in [0.717, 1.165) is 29.9 Å². The third-order valence-electron chi connectivity index (χ3n) is 5.16. The van der Waals surface area contributed by atoms with Gasteiger partial charge in [-0.3, -0.25) is 4.79 Å². The highest BCUT2D eigenvalue weighted by atomic mass is 16.5. The average Bonchev–Trinajstić information content (AvgIpc) is 2.61. The molecule has 1 amide bonds. The predicted octanol–water partition coefficient (Wildman–Crippen LogP) is 3.48. The summed E-state index contributed by atoms with van der Waals surface area (Å²) in [5.74, 6) is 1.67. The number of carbonyl (C=O) groups excluding carboxylic acids is 1. The first kappa shape index (κ1) is 17.3. The molecule has 1 aliphatic rings. The molecule has 0 atom stereocenters. The Morgan fingerprint density at radius 3 is 2.28 bits per heavy atom. The van der Waals surface area contributed by atoms with Crippen LogP contribution in [-0.2, 0) is 16.6 Å². The Bertz CT molecular complexity index is 737. The number of amides is 1. The largest absolute Gasteiger partial charge is 0.496 e. The molecule has 132 valence electrons. The quantitative estimate of drug-likeness (QED) is 0.840. The highest BCUT2D eigenvalue weighted by molar-refractivity contribution is 5.79. The fourth-order valence-electron chi connectivity index (χ4n) is 3.58. The Balaban J connectivity index is 1.68. The Labute approximate surface area is 149 Å². The molecule has 0 radical (unpaired) electrons. The van der Waals surface area contributed by atoms with Crippen molar-refractivity contribution in [3.05, 3.63) is 59.7 Å². The van der Waals surface area contributed by atoms with Crippen LogP contribution in [-0.4, -0.2) is 26.7 Å². The zero-order valence-corrected chi connectivity index (χ0v) is 14.9.